The van der Waals surface area contributed by atoms with Crippen LogP contribution in [0.4, 0.5) is 0 Å². The first kappa shape index (κ1) is 16.3. The van der Waals surface area contributed by atoms with Crippen molar-refractivity contribution >= 4 is 11.5 Å². The van der Waals surface area contributed by atoms with Gasteiger partial charge in [-0.2, -0.15) is 0 Å². The van der Waals surface area contributed by atoms with Crippen LogP contribution in [-0.2, 0) is 11.3 Å². The van der Waals surface area contributed by atoms with Gasteiger partial charge in [0.15, 0.2) is 0 Å². The van der Waals surface area contributed by atoms with E-state index in [1.807, 2.05) is 37.3 Å². The summed E-state index contributed by atoms with van der Waals surface area (Å²) in [5, 5.41) is 3.04. The zero-order chi connectivity index (χ0) is 17.1. The van der Waals surface area contributed by atoms with Crippen LogP contribution in [0.2, 0.25) is 0 Å². The predicted molar refractivity (Wildman–Crippen MR) is 99.5 cm³/mol. The van der Waals surface area contributed by atoms with Gasteiger partial charge in [0.2, 0.25) is 0 Å². The standard InChI is InChI=1S/C22H23NO/c1-15-7-6-9-18(11-15)14-23-22(24)21-13-19(12-17(21)3)20-10-5-4-8-16(20)2/h4-11,13H,12,14H2,1-3H3,(H,23,24). The van der Waals surface area contributed by atoms with Gasteiger partial charge < -0.3 is 5.32 Å². The van der Waals surface area contributed by atoms with Gasteiger partial charge in [0.25, 0.3) is 5.91 Å². The summed E-state index contributed by atoms with van der Waals surface area (Å²) in [5.74, 6) is 0.0117. The lowest BCUT2D eigenvalue weighted by Crippen LogP contribution is -2.24. The van der Waals surface area contributed by atoms with Crippen LogP contribution in [0.15, 0.2) is 65.8 Å². The number of benzene rings is 2. The fourth-order valence-corrected chi connectivity index (χ4v) is 3.19. The monoisotopic (exact) mass is 317 g/mol. The molecule has 0 heterocycles. The average Bonchev–Trinajstić information content (AvgIpc) is 2.95. The number of nitrogens with one attached hydrogen (secondary N) is 1. The molecule has 2 nitrogen and oxygen atoms in total. The molecule has 0 unspecified atom stereocenters. The number of allylic oxidation sites excluding steroid dienone is 2. The second-order valence-corrected chi connectivity index (χ2v) is 6.53. The zero-order valence-corrected chi connectivity index (χ0v) is 14.5. The van der Waals surface area contributed by atoms with Crippen LogP contribution in [-0.4, -0.2) is 5.91 Å². The van der Waals surface area contributed by atoms with Gasteiger partial charge in [-0.15, -0.1) is 0 Å². The van der Waals surface area contributed by atoms with E-state index in [0.29, 0.717) is 6.54 Å². The van der Waals surface area contributed by atoms with E-state index in [0.717, 1.165) is 23.1 Å². The van der Waals surface area contributed by atoms with Gasteiger partial charge in [-0.1, -0.05) is 59.7 Å². The molecule has 0 aromatic heterocycles. The highest BCUT2D eigenvalue weighted by molar-refractivity contribution is 6.01. The Bertz CT molecular complexity index is 843. The molecule has 122 valence electrons. The minimum atomic E-state index is 0.0117. The van der Waals surface area contributed by atoms with Gasteiger partial charge in [0.1, 0.15) is 0 Å². The van der Waals surface area contributed by atoms with E-state index in [-0.39, 0.29) is 5.91 Å². The summed E-state index contributed by atoms with van der Waals surface area (Å²) in [7, 11) is 0. The first-order valence-electron chi connectivity index (χ1n) is 8.34. The average molecular weight is 317 g/mol. The van der Waals surface area contributed by atoms with E-state index in [9.17, 15) is 4.79 Å². The van der Waals surface area contributed by atoms with E-state index in [1.165, 1.54) is 22.3 Å². The molecule has 2 aromatic carbocycles. The molecule has 0 saturated heterocycles. The third-order valence-corrected chi connectivity index (χ3v) is 4.51. The Morgan fingerprint density at radius 2 is 1.83 bits per heavy atom. The zero-order valence-electron chi connectivity index (χ0n) is 14.5. The lowest BCUT2D eigenvalue weighted by Gasteiger charge is -2.07. The van der Waals surface area contributed by atoms with Crippen molar-refractivity contribution in [2.24, 2.45) is 0 Å². The maximum absolute atomic E-state index is 12.6. The van der Waals surface area contributed by atoms with Crippen molar-refractivity contribution in [1.29, 1.82) is 0 Å². The first-order chi connectivity index (χ1) is 11.5. The summed E-state index contributed by atoms with van der Waals surface area (Å²) in [5.41, 5.74) is 7.99. The number of amides is 1. The summed E-state index contributed by atoms with van der Waals surface area (Å²) in [6, 6.07) is 16.6. The van der Waals surface area contributed by atoms with Gasteiger partial charge in [-0.3, -0.25) is 4.79 Å². The van der Waals surface area contributed by atoms with Crippen molar-refractivity contribution in [1.82, 2.24) is 5.32 Å². The van der Waals surface area contributed by atoms with Crippen molar-refractivity contribution in [3.05, 3.63) is 88.0 Å². The molecule has 0 spiro atoms. The Hall–Kier alpha value is -2.61. The molecule has 2 aromatic rings. The number of hydrogen-bond donors (Lipinski definition) is 1. The third kappa shape index (κ3) is 3.48. The SMILES string of the molecule is CC1=C(C(=O)NCc2cccc(C)c2)C=C(c2ccccc2C)C1. The van der Waals surface area contributed by atoms with E-state index in [4.69, 9.17) is 0 Å². The minimum absolute atomic E-state index is 0.0117. The molecule has 0 aliphatic heterocycles. The summed E-state index contributed by atoms with van der Waals surface area (Å²) in [6.07, 6.45) is 2.89. The number of carbonyl (C=O) groups is 1. The molecule has 1 aliphatic carbocycles. The molecule has 0 atom stereocenters. The highest BCUT2D eigenvalue weighted by Gasteiger charge is 2.20. The summed E-state index contributed by atoms with van der Waals surface area (Å²) in [6.45, 7) is 6.78. The quantitative estimate of drug-likeness (QED) is 0.868. The van der Waals surface area contributed by atoms with Crippen LogP contribution < -0.4 is 5.32 Å². The lowest BCUT2D eigenvalue weighted by atomic mass is 9.99. The number of hydrogen-bond acceptors (Lipinski definition) is 1. The van der Waals surface area contributed by atoms with Crippen LogP contribution in [0.5, 0.6) is 0 Å². The van der Waals surface area contributed by atoms with Crippen molar-refractivity contribution in [2.75, 3.05) is 0 Å². The largest absolute Gasteiger partial charge is 0.348 e. The Morgan fingerprint density at radius 3 is 2.58 bits per heavy atom. The van der Waals surface area contributed by atoms with Gasteiger partial charge in [0.05, 0.1) is 0 Å². The highest BCUT2D eigenvalue weighted by atomic mass is 16.1. The van der Waals surface area contributed by atoms with Gasteiger partial charge >= 0.3 is 0 Å². The second-order valence-electron chi connectivity index (χ2n) is 6.53. The Balaban J connectivity index is 1.72. The molecule has 1 N–H and O–H groups in total. The topological polar surface area (TPSA) is 29.1 Å². The van der Waals surface area contributed by atoms with Gasteiger partial charge in [0, 0.05) is 12.1 Å². The van der Waals surface area contributed by atoms with E-state index in [1.54, 1.807) is 0 Å². The Morgan fingerprint density at radius 1 is 1.04 bits per heavy atom. The summed E-state index contributed by atoms with van der Waals surface area (Å²) < 4.78 is 0. The lowest BCUT2D eigenvalue weighted by molar-refractivity contribution is -0.117. The Labute approximate surface area is 143 Å². The molecule has 0 saturated carbocycles. The van der Waals surface area contributed by atoms with Gasteiger partial charge in [-0.25, -0.2) is 0 Å². The van der Waals surface area contributed by atoms with Crippen molar-refractivity contribution in [2.45, 2.75) is 33.7 Å². The number of carbonyl (C=O) groups excluding carboxylic acids is 1. The molecule has 24 heavy (non-hydrogen) atoms. The van der Waals surface area contributed by atoms with E-state index >= 15 is 0 Å². The Kier molecular flexibility index (Phi) is 4.66. The molecule has 1 amide bonds. The number of aryl methyl sites for hydroxylation is 2. The van der Waals surface area contributed by atoms with Crippen molar-refractivity contribution < 1.29 is 4.79 Å². The highest BCUT2D eigenvalue weighted by Crippen LogP contribution is 2.33. The van der Waals surface area contributed by atoms with Crippen LogP contribution in [0, 0.1) is 13.8 Å². The van der Waals surface area contributed by atoms with Crippen LogP contribution in [0.1, 0.15) is 35.6 Å². The fraction of sp³-hybridized carbons (Fsp3) is 0.227. The molecule has 0 radical (unpaired) electrons. The smallest absolute Gasteiger partial charge is 0.251 e. The summed E-state index contributed by atoms with van der Waals surface area (Å²) in [4.78, 5) is 12.6. The van der Waals surface area contributed by atoms with E-state index in [2.05, 4.69) is 43.4 Å². The third-order valence-electron chi connectivity index (χ3n) is 4.51. The molecular formula is C22H23NO. The van der Waals surface area contributed by atoms with Crippen LogP contribution >= 0.6 is 0 Å². The molecule has 1 aliphatic rings. The first-order valence-corrected chi connectivity index (χ1v) is 8.34. The maximum atomic E-state index is 12.6. The second kappa shape index (κ2) is 6.88. The predicted octanol–water partition coefficient (Wildman–Crippen LogP) is 4.72. The number of rotatable bonds is 4. The van der Waals surface area contributed by atoms with Gasteiger partial charge in [-0.05, 0) is 55.5 Å². The van der Waals surface area contributed by atoms with Crippen molar-refractivity contribution in [3.63, 3.8) is 0 Å². The fourth-order valence-electron chi connectivity index (χ4n) is 3.19. The molecule has 0 bridgehead atoms. The van der Waals surface area contributed by atoms with Crippen molar-refractivity contribution in [3.8, 4) is 0 Å². The normalized spacial score (nSPS) is 13.9. The van der Waals surface area contributed by atoms with E-state index < -0.39 is 0 Å². The summed E-state index contributed by atoms with van der Waals surface area (Å²) >= 11 is 0. The van der Waals surface area contributed by atoms with Crippen LogP contribution in [0.25, 0.3) is 5.57 Å². The molecular weight excluding hydrogens is 294 g/mol. The molecule has 0 fully saturated rings. The molecule has 3 rings (SSSR count). The molecule has 2 heteroatoms. The van der Waals surface area contributed by atoms with Crippen LogP contribution in [0.3, 0.4) is 0 Å². The minimum Gasteiger partial charge on any atom is -0.348 e. The maximum Gasteiger partial charge on any atom is 0.251 e.